The zero-order valence-corrected chi connectivity index (χ0v) is 55.1. The van der Waals surface area contributed by atoms with Crippen molar-refractivity contribution in [3.63, 3.8) is 0 Å². The number of aromatic nitrogens is 4. The Hall–Kier alpha value is -13.4. The molecule has 0 atom stereocenters. The molecule has 4 heterocycles. The topological polar surface area (TPSA) is 70.0 Å². The number of hydrogen-bond donors (Lipinski definition) is 0. The van der Waals surface area contributed by atoms with E-state index in [0.29, 0.717) is 11.6 Å². The Labute approximate surface area is 589 Å². The van der Waals surface area contributed by atoms with Gasteiger partial charge in [-0.3, -0.25) is 0 Å². The van der Waals surface area contributed by atoms with Crippen molar-refractivity contribution in [1.82, 2.24) is 19.9 Å². The predicted molar refractivity (Wildman–Crippen MR) is 411 cm³/mol. The number of fused-ring (bicyclic) bond motifs is 20. The van der Waals surface area contributed by atoms with E-state index in [0.717, 1.165) is 134 Å². The van der Waals surface area contributed by atoms with Gasteiger partial charge in [0.2, 0.25) is 0 Å². The Bertz CT molecular complexity index is 6250. The lowest BCUT2D eigenvalue weighted by atomic mass is 9.65. The van der Waals surface area contributed by atoms with Crippen molar-refractivity contribution >= 4 is 21.5 Å². The van der Waals surface area contributed by atoms with Gasteiger partial charge in [0.1, 0.15) is 23.0 Å². The smallest absolute Gasteiger partial charge is 0.160 e. The number of para-hydroxylation sites is 1. The molecule has 2 spiro atoms. The molecule has 474 valence electrons. The van der Waals surface area contributed by atoms with Gasteiger partial charge in [0.05, 0.1) is 33.6 Å². The minimum atomic E-state index is -0.805. The standard InChI is InChI=1S/C96H58N4O2/c1-4-24-59(25-5-1)66-49-50-76(69-31-11-10-30-67(66)69)88-58-86(98-94(100-88)61-28-8-3-9-29-61)64-48-53-92-84(56-64)96(79-42-18-14-34-73(79)74-35-15-19-43-80(74)96)82-54-62(46-51-90(82)102-92)65-36-22-38-70-68(65)37-23-39-75(70)87-57-85(97-93(99-87)60-26-6-2-7-27-60)63-47-52-91-83(55-63)95(81-44-20-21-45-89(81)101-91)77-40-16-12-32-71(77)72-33-13-17-41-78(72)95/h1-58H. The maximum Gasteiger partial charge on any atom is 0.160 e. The molecule has 6 heteroatoms. The second-order valence-electron chi connectivity index (χ2n) is 27.0. The molecule has 15 aromatic carbocycles. The monoisotopic (exact) mass is 1300 g/mol. The highest BCUT2D eigenvalue weighted by Crippen LogP contribution is 2.65. The SMILES string of the molecule is c1ccc(-c2nc(-c3ccc4c(c3)C3(c5cc(-c6cccc7c(-c8cc(-c9ccc%10c(c9)C9(c%11ccccc%11O%10)c%10ccccc%10-c%10ccccc%109)nc(-c9ccccc9)n8)cccc67)ccc5O4)c4ccccc4-c4ccccc43)cc(-c3ccc(-c4ccccc4)c4ccccc34)n2)cc1. The van der Waals surface area contributed by atoms with Gasteiger partial charge in [-0.2, -0.15) is 0 Å². The highest BCUT2D eigenvalue weighted by Gasteiger charge is 2.53. The van der Waals surface area contributed by atoms with E-state index in [1.165, 1.54) is 55.6 Å². The molecular weight excluding hydrogens is 1240 g/mol. The minimum Gasteiger partial charge on any atom is -0.457 e. The molecule has 6 nitrogen and oxygen atoms in total. The highest BCUT2D eigenvalue weighted by atomic mass is 16.5. The lowest BCUT2D eigenvalue weighted by Crippen LogP contribution is -2.32. The first-order valence-corrected chi connectivity index (χ1v) is 34.8. The van der Waals surface area contributed by atoms with E-state index < -0.39 is 10.8 Å². The summed E-state index contributed by atoms with van der Waals surface area (Å²) >= 11 is 0. The molecular formula is C96H58N4O2. The van der Waals surface area contributed by atoms with Crippen LogP contribution in [0, 0.1) is 0 Å². The Balaban J connectivity index is 0.722. The molecule has 2 aliphatic heterocycles. The molecule has 0 radical (unpaired) electrons. The first-order chi connectivity index (χ1) is 50.5. The molecule has 0 saturated carbocycles. The number of hydrogen-bond acceptors (Lipinski definition) is 6. The first kappa shape index (κ1) is 57.6. The molecule has 0 unspecified atom stereocenters. The molecule has 2 aromatic heterocycles. The van der Waals surface area contributed by atoms with Gasteiger partial charge >= 0.3 is 0 Å². The van der Waals surface area contributed by atoms with Gasteiger partial charge in [-0.15, -0.1) is 0 Å². The Kier molecular flexibility index (Phi) is 12.7. The van der Waals surface area contributed by atoms with Crippen LogP contribution in [-0.2, 0) is 10.8 Å². The summed E-state index contributed by atoms with van der Waals surface area (Å²) in [6, 6.07) is 126. The number of rotatable bonds is 8. The van der Waals surface area contributed by atoms with Crippen molar-refractivity contribution in [2.24, 2.45) is 0 Å². The second-order valence-corrected chi connectivity index (χ2v) is 27.0. The van der Waals surface area contributed by atoms with Crippen molar-refractivity contribution in [3.8, 4) is 135 Å². The van der Waals surface area contributed by atoms with E-state index in [1.807, 2.05) is 12.1 Å². The molecule has 0 fully saturated rings. The van der Waals surface area contributed by atoms with Crippen LogP contribution in [0.5, 0.6) is 23.0 Å². The van der Waals surface area contributed by atoms with E-state index in [1.54, 1.807) is 0 Å². The molecule has 21 rings (SSSR count). The van der Waals surface area contributed by atoms with E-state index in [9.17, 15) is 0 Å². The van der Waals surface area contributed by atoms with Gasteiger partial charge in [-0.05, 0) is 155 Å². The fraction of sp³-hybridized carbons (Fsp3) is 0.0208. The third-order valence-electron chi connectivity index (χ3n) is 21.7. The summed E-state index contributed by atoms with van der Waals surface area (Å²) in [5, 5.41) is 4.45. The van der Waals surface area contributed by atoms with Crippen LogP contribution >= 0.6 is 0 Å². The van der Waals surface area contributed by atoms with E-state index >= 15 is 0 Å². The fourth-order valence-electron chi connectivity index (χ4n) is 17.3. The van der Waals surface area contributed by atoms with Crippen molar-refractivity contribution in [2.45, 2.75) is 10.8 Å². The summed E-state index contributed by atoms with van der Waals surface area (Å²) in [6.45, 7) is 0. The minimum absolute atomic E-state index is 0.639. The fourth-order valence-corrected chi connectivity index (χ4v) is 17.3. The molecule has 0 amide bonds. The Morgan fingerprint density at radius 1 is 0.176 bits per heavy atom. The van der Waals surface area contributed by atoms with E-state index in [4.69, 9.17) is 29.4 Å². The van der Waals surface area contributed by atoms with E-state index in [-0.39, 0.29) is 0 Å². The summed E-state index contributed by atoms with van der Waals surface area (Å²) in [5.41, 5.74) is 26.2. The maximum atomic E-state index is 7.27. The maximum absolute atomic E-state index is 7.27. The summed E-state index contributed by atoms with van der Waals surface area (Å²) in [5.74, 6) is 4.57. The van der Waals surface area contributed by atoms with Gasteiger partial charge in [0.25, 0.3) is 0 Å². The molecule has 0 N–H and O–H groups in total. The molecule has 4 aliphatic rings. The van der Waals surface area contributed by atoms with Crippen molar-refractivity contribution in [1.29, 1.82) is 0 Å². The van der Waals surface area contributed by atoms with Crippen LogP contribution in [0.2, 0.25) is 0 Å². The third kappa shape index (κ3) is 8.53. The van der Waals surface area contributed by atoms with Crippen LogP contribution in [0.1, 0.15) is 44.5 Å². The molecule has 102 heavy (non-hydrogen) atoms. The summed E-state index contributed by atoms with van der Waals surface area (Å²) in [6.07, 6.45) is 0. The summed E-state index contributed by atoms with van der Waals surface area (Å²) in [7, 11) is 0. The molecule has 2 aliphatic carbocycles. The van der Waals surface area contributed by atoms with Gasteiger partial charge in [0.15, 0.2) is 11.6 Å². The van der Waals surface area contributed by atoms with Gasteiger partial charge in [-0.25, -0.2) is 19.9 Å². The Morgan fingerprint density at radius 3 is 0.961 bits per heavy atom. The van der Waals surface area contributed by atoms with Crippen LogP contribution in [0.3, 0.4) is 0 Å². The summed E-state index contributed by atoms with van der Waals surface area (Å²) < 4.78 is 14.2. The van der Waals surface area contributed by atoms with Crippen LogP contribution in [0.4, 0.5) is 0 Å². The Morgan fingerprint density at radius 2 is 0.480 bits per heavy atom. The zero-order valence-electron chi connectivity index (χ0n) is 55.1. The van der Waals surface area contributed by atoms with Crippen molar-refractivity contribution in [3.05, 3.63) is 396 Å². The number of nitrogens with zero attached hydrogens (tertiary/aromatic N) is 4. The third-order valence-corrected chi connectivity index (χ3v) is 21.7. The van der Waals surface area contributed by atoms with E-state index in [2.05, 4.69) is 340 Å². The molecule has 0 saturated heterocycles. The lowest BCUT2D eigenvalue weighted by molar-refractivity contribution is 0.436. The van der Waals surface area contributed by atoms with Crippen molar-refractivity contribution in [2.75, 3.05) is 0 Å². The molecule has 17 aromatic rings. The van der Waals surface area contributed by atoms with Crippen LogP contribution in [0.15, 0.2) is 352 Å². The van der Waals surface area contributed by atoms with Gasteiger partial charge in [-0.1, -0.05) is 285 Å². The average Bonchev–Trinajstić information content (AvgIpc) is 1.48. The highest BCUT2D eigenvalue weighted by molar-refractivity contribution is 6.07. The number of ether oxygens (including phenoxy) is 2. The largest absolute Gasteiger partial charge is 0.457 e. The predicted octanol–water partition coefficient (Wildman–Crippen LogP) is 23.8. The van der Waals surface area contributed by atoms with Crippen LogP contribution in [0.25, 0.3) is 134 Å². The summed E-state index contributed by atoms with van der Waals surface area (Å²) in [4.78, 5) is 21.9. The second kappa shape index (κ2) is 22.6. The average molecular weight is 1300 g/mol. The van der Waals surface area contributed by atoms with Crippen LogP contribution in [-0.4, -0.2) is 19.9 Å². The number of benzene rings is 15. The normalized spacial score (nSPS) is 13.4. The first-order valence-electron chi connectivity index (χ1n) is 34.8. The van der Waals surface area contributed by atoms with Gasteiger partial charge in [0, 0.05) is 55.6 Å². The van der Waals surface area contributed by atoms with Crippen LogP contribution < -0.4 is 9.47 Å². The quantitative estimate of drug-likeness (QED) is 0.151. The van der Waals surface area contributed by atoms with Crippen molar-refractivity contribution < 1.29 is 9.47 Å². The molecule has 0 bridgehead atoms. The van der Waals surface area contributed by atoms with Gasteiger partial charge < -0.3 is 9.47 Å². The lowest BCUT2D eigenvalue weighted by Gasteiger charge is -2.40. The zero-order chi connectivity index (χ0) is 67.0.